The molecule has 1 aliphatic heterocycles. The smallest absolute Gasteiger partial charge is 0.266 e. The number of anilines is 1. The molecule has 1 fully saturated rings. The molecule has 7 heteroatoms. The second-order valence-corrected chi connectivity index (χ2v) is 8.20. The Morgan fingerprint density at radius 3 is 2.48 bits per heavy atom. The maximum Gasteiger partial charge on any atom is 0.266 e. The first kappa shape index (κ1) is 21.0. The van der Waals surface area contributed by atoms with Gasteiger partial charge in [-0.25, -0.2) is 4.39 Å². The summed E-state index contributed by atoms with van der Waals surface area (Å²) < 4.78 is 13.3. The van der Waals surface area contributed by atoms with Crippen molar-refractivity contribution in [1.82, 2.24) is 4.90 Å². The minimum atomic E-state index is -0.795. The van der Waals surface area contributed by atoms with E-state index in [1.54, 1.807) is 13.0 Å². The number of thioether (sulfide) groups is 1. The van der Waals surface area contributed by atoms with Crippen molar-refractivity contribution in [2.24, 2.45) is 0 Å². The lowest BCUT2D eigenvalue weighted by atomic mass is 10.1. The fraction of sp³-hybridized carbons (Fsp3) is 0.136. The molecular weight excluding hydrogens is 407 g/mol. The van der Waals surface area contributed by atoms with Crippen molar-refractivity contribution in [3.8, 4) is 0 Å². The molecule has 29 heavy (non-hydrogen) atoms. The molecule has 0 radical (unpaired) electrons. The first-order valence-corrected chi connectivity index (χ1v) is 10.1. The SMILES string of the molecule is CC(/C=C1\SC(=S)N(C(C)C(=O)Nc2ccc(F)cc2)C1=O)=C\c1ccccc1. The van der Waals surface area contributed by atoms with Crippen LogP contribution in [-0.4, -0.2) is 27.1 Å². The molecule has 2 aromatic rings. The van der Waals surface area contributed by atoms with Gasteiger partial charge >= 0.3 is 0 Å². The highest BCUT2D eigenvalue weighted by molar-refractivity contribution is 8.26. The van der Waals surface area contributed by atoms with Crippen molar-refractivity contribution >= 4 is 51.9 Å². The van der Waals surface area contributed by atoms with Crippen molar-refractivity contribution in [2.45, 2.75) is 19.9 Å². The van der Waals surface area contributed by atoms with Crippen molar-refractivity contribution in [2.75, 3.05) is 5.32 Å². The van der Waals surface area contributed by atoms with Gasteiger partial charge in [0.15, 0.2) is 0 Å². The van der Waals surface area contributed by atoms with Crippen molar-refractivity contribution in [1.29, 1.82) is 0 Å². The molecule has 1 heterocycles. The lowest BCUT2D eigenvalue weighted by molar-refractivity contribution is -0.129. The number of hydrogen-bond donors (Lipinski definition) is 1. The summed E-state index contributed by atoms with van der Waals surface area (Å²) in [5, 5.41) is 2.68. The van der Waals surface area contributed by atoms with Gasteiger partial charge in [-0.15, -0.1) is 0 Å². The van der Waals surface area contributed by atoms with E-state index in [0.29, 0.717) is 14.9 Å². The van der Waals surface area contributed by atoms with Gasteiger partial charge in [0.2, 0.25) is 5.91 Å². The molecule has 3 rings (SSSR count). The van der Waals surface area contributed by atoms with E-state index in [4.69, 9.17) is 12.2 Å². The van der Waals surface area contributed by atoms with E-state index in [-0.39, 0.29) is 5.91 Å². The third-order valence-electron chi connectivity index (χ3n) is 4.25. The van der Waals surface area contributed by atoms with E-state index in [0.717, 1.165) is 11.1 Å². The van der Waals surface area contributed by atoms with E-state index in [1.165, 1.54) is 40.9 Å². The minimum Gasteiger partial charge on any atom is -0.324 e. The van der Waals surface area contributed by atoms with Crippen molar-refractivity contribution < 1.29 is 14.0 Å². The van der Waals surface area contributed by atoms with Gasteiger partial charge in [-0.1, -0.05) is 60.4 Å². The van der Waals surface area contributed by atoms with Crippen LogP contribution < -0.4 is 5.32 Å². The van der Waals surface area contributed by atoms with E-state index >= 15 is 0 Å². The molecule has 2 amide bonds. The molecule has 4 nitrogen and oxygen atoms in total. The van der Waals surface area contributed by atoms with Gasteiger partial charge < -0.3 is 5.32 Å². The number of allylic oxidation sites excluding steroid dienone is 2. The number of nitrogens with zero attached hydrogens (tertiary/aromatic N) is 1. The highest BCUT2D eigenvalue weighted by Crippen LogP contribution is 2.33. The summed E-state index contributed by atoms with van der Waals surface area (Å²) in [5.74, 6) is -1.09. The third-order valence-corrected chi connectivity index (χ3v) is 5.59. The fourth-order valence-electron chi connectivity index (χ4n) is 2.77. The van der Waals surface area contributed by atoms with Gasteiger partial charge in [-0.3, -0.25) is 14.5 Å². The molecule has 0 saturated carbocycles. The average molecular weight is 427 g/mol. The Morgan fingerprint density at radius 2 is 1.83 bits per heavy atom. The number of hydrogen-bond acceptors (Lipinski definition) is 4. The van der Waals surface area contributed by atoms with Gasteiger partial charge in [-0.05, 0) is 55.3 Å². The van der Waals surface area contributed by atoms with Gasteiger partial charge in [0.25, 0.3) is 5.91 Å². The molecule has 0 aromatic heterocycles. The molecule has 148 valence electrons. The maximum atomic E-state index is 13.0. The molecular formula is C22H19FN2O2S2. The molecule has 0 bridgehead atoms. The van der Waals surface area contributed by atoms with Crippen LogP contribution in [0.1, 0.15) is 19.4 Å². The van der Waals surface area contributed by atoms with E-state index in [2.05, 4.69) is 5.32 Å². The molecule has 0 spiro atoms. The van der Waals surface area contributed by atoms with Gasteiger partial charge in [0.1, 0.15) is 16.2 Å². The Kier molecular flexibility index (Phi) is 6.61. The second-order valence-electron chi connectivity index (χ2n) is 6.52. The number of carbonyl (C=O) groups is 2. The van der Waals surface area contributed by atoms with Crippen LogP contribution in [0.15, 0.2) is 71.2 Å². The predicted octanol–water partition coefficient (Wildman–Crippen LogP) is 5.00. The number of nitrogens with one attached hydrogen (secondary N) is 1. The van der Waals surface area contributed by atoms with Gasteiger partial charge in [-0.2, -0.15) is 0 Å². The highest BCUT2D eigenvalue weighted by Gasteiger charge is 2.38. The second kappa shape index (κ2) is 9.15. The standard InChI is InChI=1S/C22H19FN2O2S2/c1-14(12-16-6-4-3-5-7-16)13-19-21(27)25(22(28)29-19)15(2)20(26)24-18-10-8-17(23)9-11-18/h3-13,15H,1-2H3,(H,24,26)/b14-12+,19-13-. The zero-order chi connectivity index (χ0) is 21.0. The van der Waals surface area contributed by atoms with E-state index in [1.807, 2.05) is 43.3 Å². The van der Waals surface area contributed by atoms with Crippen LogP contribution in [0.2, 0.25) is 0 Å². The quantitative estimate of drug-likeness (QED) is 0.540. The van der Waals surface area contributed by atoms with Crippen LogP contribution >= 0.6 is 24.0 Å². The van der Waals surface area contributed by atoms with Gasteiger partial charge in [0.05, 0.1) is 4.91 Å². The van der Waals surface area contributed by atoms with Crippen LogP contribution in [0.5, 0.6) is 0 Å². The number of benzene rings is 2. The molecule has 0 aliphatic carbocycles. The topological polar surface area (TPSA) is 49.4 Å². The molecule has 2 aromatic carbocycles. The lowest BCUT2D eigenvalue weighted by Crippen LogP contribution is -2.44. The van der Waals surface area contributed by atoms with Crippen LogP contribution in [0, 0.1) is 5.82 Å². The number of thiocarbonyl (C=S) groups is 1. The molecule has 1 aliphatic rings. The van der Waals surface area contributed by atoms with Crippen molar-refractivity contribution in [3.63, 3.8) is 0 Å². The van der Waals surface area contributed by atoms with E-state index in [9.17, 15) is 14.0 Å². The Labute approximate surface area is 178 Å². The first-order valence-electron chi connectivity index (χ1n) is 8.92. The zero-order valence-corrected chi connectivity index (χ0v) is 17.5. The third kappa shape index (κ3) is 5.19. The normalized spacial score (nSPS) is 17.0. The maximum absolute atomic E-state index is 13.0. The molecule has 1 saturated heterocycles. The predicted molar refractivity (Wildman–Crippen MR) is 120 cm³/mol. The van der Waals surface area contributed by atoms with Gasteiger partial charge in [0, 0.05) is 5.69 Å². The number of rotatable bonds is 5. The number of amides is 2. The summed E-state index contributed by atoms with van der Waals surface area (Å²) in [6.45, 7) is 3.52. The Hall–Kier alpha value is -2.77. The zero-order valence-electron chi connectivity index (χ0n) is 15.9. The Morgan fingerprint density at radius 1 is 1.17 bits per heavy atom. The van der Waals surface area contributed by atoms with Crippen LogP contribution in [0.3, 0.4) is 0 Å². The highest BCUT2D eigenvalue weighted by atomic mass is 32.2. The number of halogens is 1. The van der Waals surface area contributed by atoms with Crippen molar-refractivity contribution in [3.05, 3.63) is 82.5 Å². The molecule has 1 N–H and O–H groups in total. The van der Waals surface area contributed by atoms with Crippen LogP contribution in [-0.2, 0) is 9.59 Å². The van der Waals surface area contributed by atoms with E-state index < -0.39 is 17.8 Å². The first-order chi connectivity index (χ1) is 13.8. The molecule has 1 unspecified atom stereocenters. The van der Waals surface area contributed by atoms with Crippen LogP contribution in [0.4, 0.5) is 10.1 Å². The number of carbonyl (C=O) groups excluding carboxylic acids is 2. The largest absolute Gasteiger partial charge is 0.324 e. The minimum absolute atomic E-state index is 0.303. The summed E-state index contributed by atoms with van der Waals surface area (Å²) in [4.78, 5) is 27.2. The van der Waals surface area contributed by atoms with Crippen LogP contribution in [0.25, 0.3) is 6.08 Å². The average Bonchev–Trinajstić information content (AvgIpc) is 2.96. The Bertz CT molecular complexity index is 1000. The summed E-state index contributed by atoms with van der Waals surface area (Å²) in [7, 11) is 0. The summed E-state index contributed by atoms with van der Waals surface area (Å²) >= 11 is 6.51. The fourth-order valence-corrected chi connectivity index (χ4v) is 4.24. The molecule has 1 atom stereocenters. The Balaban J connectivity index is 1.73. The monoisotopic (exact) mass is 426 g/mol. The summed E-state index contributed by atoms with van der Waals surface area (Å²) in [6.07, 6.45) is 3.74. The lowest BCUT2D eigenvalue weighted by Gasteiger charge is -2.22. The summed E-state index contributed by atoms with van der Waals surface area (Å²) in [5.41, 5.74) is 2.38. The summed E-state index contributed by atoms with van der Waals surface area (Å²) in [6, 6.07) is 14.4.